The van der Waals surface area contributed by atoms with Gasteiger partial charge in [0.05, 0.1) is 11.6 Å². The first-order valence-electron chi connectivity index (χ1n) is 5.90. The molecule has 0 saturated heterocycles. The molecule has 0 spiro atoms. The van der Waals surface area contributed by atoms with Gasteiger partial charge in [-0.2, -0.15) is 13.2 Å². The Balaban J connectivity index is 2.23. The van der Waals surface area contributed by atoms with Crippen molar-refractivity contribution in [3.8, 4) is 0 Å². The van der Waals surface area contributed by atoms with Crippen LogP contribution in [0.2, 0.25) is 0 Å². The second-order valence-electron chi connectivity index (χ2n) is 4.29. The molecule has 0 aliphatic rings. The molecule has 1 aromatic heterocycles. The second-order valence-corrected chi connectivity index (χ2v) is 5.18. The lowest BCUT2D eigenvalue weighted by Gasteiger charge is -2.17. The largest absolute Gasteiger partial charge is 0.476 e. The number of carboxylic acids is 1. The number of carboxylic acid groups (broad SMARTS) is 1. The number of benzene rings is 1. The second kappa shape index (κ2) is 5.72. The van der Waals surface area contributed by atoms with Gasteiger partial charge in [-0.25, -0.2) is 9.78 Å². The SMILES string of the molecule is CC(Nc1ccccc1C(F)(F)F)c1nc(C(=O)O)cs1. The number of aromatic nitrogens is 1. The van der Waals surface area contributed by atoms with Crippen molar-refractivity contribution in [1.29, 1.82) is 0 Å². The molecule has 0 saturated carbocycles. The molecule has 0 radical (unpaired) electrons. The number of thiazole rings is 1. The highest BCUT2D eigenvalue weighted by Gasteiger charge is 2.33. The lowest BCUT2D eigenvalue weighted by Crippen LogP contribution is -2.13. The van der Waals surface area contributed by atoms with Gasteiger partial charge in [0.25, 0.3) is 0 Å². The van der Waals surface area contributed by atoms with Gasteiger partial charge in [-0.05, 0) is 19.1 Å². The molecule has 0 aliphatic carbocycles. The minimum absolute atomic E-state index is 0.0652. The van der Waals surface area contributed by atoms with Crippen molar-refractivity contribution >= 4 is 23.0 Å². The van der Waals surface area contributed by atoms with Gasteiger partial charge in [0.2, 0.25) is 0 Å². The average Bonchev–Trinajstić information content (AvgIpc) is 2.88. The van der Waals surface area contributed by atoms with Crippen LogP contribution in [0.3, 0.4) is 0 Å². The number of anilines is 1. The maximum absolute atomic E-state index is 12.9. The van der Waals surface area contributed by atoms with Crippen LogP contribution >= 0.6 is 11.3 Å². The van der Waals surface area contributed by atoms with Gasteiger partial charge in [0.1, 0.15) is 5.01 Å². The Morgan fingerprint density at radius 1 is 1.38 bits per heavy atom. The van der Waals surface area contributed by atoms with Crippen molar-refractivity contribution in [2.75, 3.05) is 5.32 Å². The quantitative estimate of drug-likeness (QED) is 0.894. The number of para-hydroxylation sites is 1. The molecule has 0 bridgehead atoms. The summed E-state index contributed by atoms with van der Waals surface area (Å²) in [7, 11) is 0. The predicted molar refractivity (Wildman–Crippen MR) is 72.6 cm³/mol. The minimum atomic E-state index is -4.46. The van der Waals surface area contributed by atoms with Crippen LogP contribution in [-0.2, 0) is 6.18 Å². The van der Waals surface area contributed by atoms with Gasteiger partial charge in [-0.1, -0.05) is 12.1 Å². The van der Waals surface area contributed by atoms with Crippen molar-refractivity contribution in [2.24, 2.45) is 0 Å². The number of hydrogen-bond donors (Lipinski definition) is 2. The third-order valence-electron chi connectivity index (χ3n) is 2.72. The number of nitrogens with zero attached hydrogens (tertiary/aromatic N) is 1. The molecule has 112 valence electrons. The number of nitrogens with one attached hydrogen (secondary N) is 1. The summed E-state index contributed by atoms with van der Waals surface area (Å²) in [4.78, 5) is 14.6. The summed E-state index contributed by atoms with van der Waals surface area (Å²) < 4.78 is 38.6. The summed E-state index contributed by atoms with van der Waals surface area (Å²) >= 11 is 1.08. The molecule has 1 unspecified atom stereocenters. The number of alkyl halides is 3. The van der Waals surface area contributed by atoms with Crippen molar-refractivity contribution in [3.63, 3.8) is 0 Å². The van der Waals surface area contributed by atoms with Crippen molar-refractivity contribution in [3.05, 3.63) is 45.9 Å². The van der Waals surface area contributed by atoms with Crippen LogP contribution in [0.25, 0.3) is 0 Å². The number of aromatic carboxylic acids is 1. The third-order valence-corrected chi connectivity index (χ3v) is 3.74. The van der Waals surface area contributed by atoms with Crippen LogP contribution in [-0.4, -0.2) is 16.1 Å². The van der Waals surface area contributed by atoms with E-state index in [1.807, 2.05) is 0 Å². The van der Waals surface area contributed by atoms with Gasteiger partial charge in [-0.15, -0.1) is 11.3 Å². The van der Waals surface area contributed by atoms with Crippen LogP contribution in [0.1, 0.15) is 34.0 Å². The van der Waals surface area contributed by atoms with E-state index in [2.05, 4.69) is 10.3 Å². The van der Waals surface area contributed by atoms with Crippen molar-refractivity contribution in [1.82, 2.24) is 4.98 Å². The highest BCUT2D eigenvalue weighted by Crippen LogP contribution is 2.36. The standard InChI is InChI=1S/C13H11F3N2O2S/c1-7(11-18-10(6-21-11)12(19)20)17-9-5-3-2-4-8(9)13(14,15)16/h2-7,17H,1H3,(H,19,20). The van der Waals surface area contributed by atoms with Crippen LogP contribution in [0.15, 0.2) is 29.6 Å². The zero-order chi connectivity index (χ0) is 15.6. The summed E-state index contributed by atoms with van der Waals surface area (Å²) in [5, 5.41) is 13.3. The van der Waals surface area contributed by atoms with Gasteiger partial charge in [0.15, 0.2) is 5.69 Å². The smallest absolute Gasteiger partial charge is 0.418 e. The van der Waals surface area contributed by atoms with E-state index >= 15 is 0 Å². The molecule has 0 amide bonds. The number of rotatable bonds is 4. The average molecular weight is 316 g/mol. The van der Waals surface area contributed by atoms with Gasteiger partial charge in [0, 0.05) is 11.1 Å². The van der Waals surface area contributed by atoms with E-state index < -0.39 is 23.8 Å². The number of carbonyl (C=O) groups is 1. The number of halogens is 3. The Morgan fingerprint density at radius 3 is 2.62 bits per heavy atom. The molecule has 1 heterocycles. The Hall–Kier alpha value is -2.09. The minimum Gasteiger partial charge on any atom is -0.476 e. The lowest BCUT2D eigenvalue weighted by molar-refractivity contribution is -0.137. The summed E-state index contributed by atoms with van der Waals surface area (Å²) in [5.74, 6) is -1.17. The molecule has 2 N–H and O–H groups in total. The first-order valence-corrected chi connectivity index (χ1v) is 6.78. The van der Waals surface area contributed by atoms with E-state index in [1.54, 1.807) is 6.92 Å². The highest BCUT2D eigenvalue weighted by molar-refractivity contribution is 7.09. The first-order chi connectivity index (χ1) is 9.79. The summed E-state index contributed by atoms with van der Waals surface area (Å²) in [6.45, 7) is 1.62. The monoisotopic (exact) mass is 316 g/mol. The van der Waals surface area contributed by atoms with E-state index in [9.17, 15) is 18.0 Å². The molecule has 1 aromatic carbocycles. The maximum atomic E-state index is 12.9. The Morgan fingerprint density at radius 2 is 2.05 bits per heavy atom. The zero-order valence-corrected chi connectivity index (χ0v) is 11.6. The molecule has 4 nitrogen and oxygen atoms in total. The van der Waals surface area contributed by atoms with Crippen LogP contribution < -0.4 is 5.32 Å². The van der Waals surface area contributed by atoms with E-state index in [0.29, 0.717) is 5.01 Å². The molecule has 2 aromatic rings. The topological polar surface area (TPSA) is 62.2 Å². The molecular formula is C13H11F3N2O2S. The Bertz CT molecular complexity index is 655. The van der Waals surface area contributed by atoms with Crippen LogP contribution in [0.5, 0.6) is 0 Å². The van der Waals surface area contributed by atoms with Gasteiger partial charge < -0.3 is 10.4 Å². The van der Waals surface area contributed by atoms with Crippen LogP contribution in [0.4, 0.5) is 18.9 Å². The van der Waals surface area contributed by atoms with Crippen LogP contribution in [0, 0.1) is 0 Å². The molecule has 21 heavy (non-hydrogen) atoms. The van der Waals surface area contributed by atoms with Gasteiger partial charge in [-0.3, -0.25) is 0 Å². The Kier molecular flexibility index (Phi) is 4.17. The molecule has 1 atom stereocenters. The fraction of sp³-hybridized carbons (Fsp3) is 0.231. The number of hydrogen-bond acceptors (Lipinski definition) is 4. The van der Waals surface area contributed by atoms with Gasteiger partial charge >= 0.3 is 12.1 Å². The van der Waals surface area contributed by atoms with E-state index in [4.69, 9.17) is 5.11 Å². The van der Waals surface area contributed by atoms with E-state index in [1.165, 1.54) is 23.6 Å². The first kappa shape index (κ1) is 15.3. The highest BCUT2D eigenvalue weighted by atomic mass is 32.1. The summed E-state index contributed by atoms with van der Waals surface area (Å²) in [6.07, 6.45) is -4.46. The molecule has 0 aliphatic heterocycles. The predicted octanol–water partition coefficient (Wildman–Crippen LogP) is 4.03. The summed E-state index contributed by atoms with van der Waals surface area (Å²) in [6, 6.07) is 4.58. The molecule has 0 fully saturated rings. The fourth-order valence-electron chi connectivity index (χ4n) is 1.74. The Labute approximate surface area is 122 Å². The van der Waals surface area contributed by atoms with E-state index in [-0.39, 0.29) is 11.4 Å². The summed E-state index contributed by atoms with van der Waals surface area (Å²) in [5.41, 5.74) is -0.954. The van der Waals surface area contributed by atoms with Crippen molar-refractivity contribution < 1.29 is 23.1 Å². The molecular weight excluding hydrogens is 305 g/mol. The van der Waals surface area contributed by atoms with Crippen molar-refractivity contribution in [2.45, 2.75) is 19.1 Å². The maximum Gasteiger partial charge on any atom is 0.418 e. The zero-order valence-electron chi connectivity index (χ0n) is 10.8. The fourth-order valence-corrected chi connectivity index (χ4v) is 2.54. The van der Waals surface area contributed by atoms with E-state index in [0.717, 1.165) is 17.4 Å². The molecule has 8 heteroatoms. The lowest BCUT2D eigenvalue weighted by atomic mass is 10.1. The third kappa shape index (κ3) is 3.52. The normalized spacial score (nSPS) is 13.0. The molecule has 2 rings (SSSR count).